The fourth-order valence-corrected chi connectivity index (χ4v) is 1.80. The fourth-order valence-electron chi connectivity index (χ4n) is 1.80. The Morgan fingerprint density at radius 3 is 2.80 bits per heavy atom. The summed E-state index contributed by atoms with van der Waals surface area (Å²) in [7, 11) is 0. The average molecular weight is 267 g/mol. The van der Waals surface area contributed by atoms with E-state index in [2.05, 4.69) is 9.97 Å². The van der Waals surface area contributed by atoms with Crippen LogP contribution in [0.5, 0.6) is 0 Å². The van der Waals surface area contributed by atoms with E-state index >= 15 is 0 Å². The van der Waals surface area contributed by atoms with Crippen LogP contribution in [0.1, 0.15) is 22.7 Å². The van der Waals surface area contributed by atoms with Crippen LogP contribution in [-0.2, 0) is 11.2 Å². The summed E-state index contributed by atoms with van der Waals surface area (Å²) in [5.41, 5.74) is 0.910. The van der Waals surface area contributed by atoms with Gasteiger partial charge >= 0.3 is 24.8 Å². The molecule has 0 aliphatic rings. The summed E-state index contributed by atoms with van der Waals surface area (Å²) in [5, 5.41) is 17.8. The molecule has 0 saturated carbocycles. The van der Waals surface area contributed by atoms with Crippen LogP contribution in [-0.4, -0.2) is 39.9 Å². The summed E-state index contributed by atoms with van der Waals surface area (Å²) in [4.78, 5) is 17.7. The number of benzene rings is 1. The van der Waals surface area contributed by atoms with Gasteiger partial charge in [0.15, 0.2) is 0 Å². The van der Waals surface area contributed by atoms with Gasteiger partial charge in [0.1, 0.15) is 17.8 Å². The summed E-state index contributed by atoms with van der Waals surface area (Å²) in [6.07, 6.45) is 2.95. The predicted molar refractivity (Wildman–Crippen MR) is 70.9 cm³/mol. The minimum atomic E-state index is -1.02. The zero-order valence-electron chi connectivity index (χ0n) is 9.80. The zero-order chi connectivity index (χ0) is 13.8. The molecule has 7 heteroatoms. The maximum absolute atomic E-state index is 13.5. The molecule has 2 aromatic rings. The van der Waals surface area contributed by atoms with Crippen molar-refractivity contribution in [2.45, 2.75) is 12.3 Å². The average Bonchev–Trinajstić information content (AvgIpc) is 2.89. The number of aromatic nitrogens is 2. The van der Waals surface area contributed by atoms with Crippen LogP contribution in [0.3, 0.4) is 0 Å². The van der Waals surface area contributed by atoms with Crippen LogP contribution in [0.15, 0.2) is 30.7 Å². The van der Waals surface area contributed by atoms with E-state index in [4.69, 9.17) is 5.26 Å². The summed E-state index contributed by atoms with van der Waals surface area (Å²) < 4.78 is 13.5. The van der Waals surface area contributed by atoms with Gasteiger partial charge in [-0.05, 0) is 24.1 Å². The van der Waals surface area contributed by atoms with Crippen molar-refractivity contribution < 1.29 is 14.3 Å². The summed E-state index contributed by atoms with van der Waals surface area (Å²) >= 11 is 0. The topological polar surface area (TPSA) is 89.8 Å². The number of halogens is 1. The first-order chi connectivity index (χ1) is 9.11. The first kappa shape index (κ1) is 16.0. The fraction of sp³-hybridized carbons (Fsp3) is 0.154. The van der Waals surface area contributed by atoms with Crippen LogP contribution >= 0.6 is 0 Å². The van der Waals surface area contributed by atoms with Crippen LogP contribution in [0, 0.1) is 17.1 Å². The first-order valence-electron chi connectivity index (χ1n) is 5.51. The van der Waals surface area contributed by atoms with Crippen molar-refractivity contribution in [2.75, 3.05) is 0 Å². The monoisotopic (exact) mass is 267 g/mol. The number of carboxylic acid groups (broad SMARTS) is 1. The Morgan fingerprint density at radius 1 is 1.55 bits per heavy atom. The van der Waals surface area contributed by atoms with E-state index in [0.717, 1.165) is 0 Å². The van der Waals surface area contributed by atoms with E-state index in [1.54, 1.807) is 12.1 Å². The number of hydrogen-bond donors (Lipinski definition) is 2. The molecule has 0 radical (unpaired) electrons. The number of hydrogen-bond acceptors (Lipinski definition) is 3. The molecule has 2 rings (SSSR count). The second-order valence-corrected chi connectivity index (χ2v) is 4.03. The van der Waals surface area contributed by atoms with Gasteiger partial charge in [-0.2, -0.15) is 5.26 Å². The van der Waals surface area contributed by atoms with Gasteiger partial charge in [-0.25, -0.2) is 9.37 Å². The minimum absolute atomic E-state index is 0. The van der Waals surface area contributed by atoms with Gasteiger partial charge in [0, 0.05) is 11.9 Å². The molecule has 0 bridgehead atoms. The van der Waals surface area contributed by atoms with Crippen molar-refractivity contribution in [3.05, 3.63) is 53.4 Å². The van der Waals surface area contributed by atoms with E-state index in [9.17, 15) is 14.3 Å². The number of H-pyrrole nitrogens is 1. The number of imidazole rings is 1. The molecule has 0 aliphatic carbocycles. The van der Waals surface area contributed by atoms with E-state index in [0.29, 0.717) is 11.3 Å². The van der Waals surface area contributed by atoms with Crippen molar-refractivity contribution >= 4 is 24.8 Å². The van der Waals surface area contributed by atoms with Gasteiger partial charge in [-0.15, -0.1) is 0 Å². The third-order valence-electron chi connectivity index (χ3n) is 2.79. The molecule has 98 valence electrons. The third-order valence-corrected chi connectivity index (χ3v) is 2.79. The number of nitrogens with zero attached hydrogens (tertiary/aromatic N) is 2. The van der Waals surface area contributed by atoms with E-state index in [-0.39, 0.29) is 30.8 Å². The number of nitriles is 1. The van der Waals surface area contributed by atoms with Gasteiger partial charge in [-0.1, -0.05) is 6.07 Å². The van der Waals surface area contributed by atoms with Gasteiger partial charge in [-0.3, -0.25) is 4.79 Å². The molecule has 0 amide bonds. The van der Waals surface area contributed by atoms with Crippen LogP contribution < -0.4 is 0 Å². The van der Waals surface area contributed by atoms with Crippen molar-refractivity contribution in [1.29, 1.82) is 5.26 Å². The maximum atomic E-state index is 13.5. The Kier molecular flexibility index (Phi) is 5.51. The van der Waals surface area contributed by atoms with Gasteiger partial charge < -0.3 is 10.1 Å². The molecule has 0 saturated heterocycles. The quantitative estimate of drug-likeness (QED) is 0.814. The molecule has 0 spiro atoms. The Balaban J connectivity index is 0.00000200. The molecule has 20 heavy (non-hydrogen) atoms. The predicted octanol–water partition coefficient (Wildman–Crippen LogP) is 1.18. The molecular formula is C13H11FLiN3O2. The first-order valence-corrected chi connectivity index (χ1v) is 5.51. The molecule has 1 atom stereocenters. The van der Waals surface area contributed by atoms with Crippen molar-refractivity contribution in [3.8, 4) is 6.07 Å². The Labute approximate surface area is 126 Å². The molecule has 1 aromatic carbocycles. The van der Waals surface area contributed by atoms with E-state index in [1.807, 2.05) is 0 Å². The third kappa shape index (κ3) is 3.48. The Hall–Kier alpha value is -2.08. The zero-order valence-corrected chi connectivity index (χ0v) is 9.80. The molecule has 1 aromatic heterocycles. The van der Waals surface area contributed by atoms with Crippen molar-refractivity contribution in [2.24, 2.45) is 0 Å². The number of carbonyl (C=O) groups is 1. The molecule has 2 N–H and O–H groups in total. The van der Waals surface area contributed by atoms with Gasteiger partial charge in [0.2, 0.25) is 0 Å². The number of rotatable bonds is 4. The summed E-state index contributed by atoms with van der Waals surface area (Å²) in [6, 6.07) is 5.80. The standard InChI is InChI=1S/C13H10FN3O2.Li.H/c14-11-4-8(1-2-9(11)5-15)3-10(13(18)19)12-6-16-7-17-12;;/h1-2,4,6-7,10H,3H2,(H,16,17)(H,18,19);;. The summed E-state index contributed by atoms with van der Waals surface area (Å²) in [5.74, 6) is -2.49. The molecule has 0 aliphatic heterocycles. The van der Waals surface area contributed by atoms with Crippen molar-refractivity contribution in [3.63, 3.8) is 0 Å². The normalized spacial score (nSPS) is 11.2. The number of aliphatic carboxylic acids is 1. The van der Waals surface area contributed by atoms with Crippen molar-refractivity contribution in [1.82, 2.24) is 9.97 Å². The molecular weight excluding hydrogens is 256 g/mol. The second kappa shape index (κ2) is 6.90. The van der Waals surface area contributed by atoms with E-state index in [1.165, 1.54) is 24.7 Å². The second-order valence-electron chi connectivity index (χ2n) is 4.03. The number of aromatic amines is 1. The SMILES string of the molecule is N#Cc1ccc(CC(C(=O)O)c2cnc[nH]2)cc1F.[LiH]. The van der Waals surface area contributed by atoms with Crippen LogP contribution in [0.4, 0.5) is 4.39 Å². The van der Waals surface area contributed by atoms with E-state index < -0.39 is 17.7 Å². The molecule has 0 fully saturated rings. The Morgan fingerprint density at radius 2 is 2.30 bits per heavy atom. The summed E-state index contributed by atoms with van der Waals surface area (Å²) in [6.45, 7) is 0. The van der Waals surface area contributed by atoms with Crippen LogP contribution in [0.25, 0.3) is 0 Å². The molecule has 5 nitrogen and oxygen atoms in total. The number of nitrogens with one attached hydrogen (secondary N) is 1. The van der Waals surface area contributed by atoms with Gasteiger partial charge in [0.05, 0.1) is 11.9 Å². The molecule has 1 unspecified atom stereocenters. The molecule has 1 heterocycles. The Bertz CT molecular complexity index is 638. The number of carboxylic acids is 1. The van der Waals surface area contributed by atoms with Gasteiger partial charge in [0.25, 0.3) is 0 Å². The van der Waals surface area contributed by atoms with Crippen LogP contribution in [0.2, 0.25) is 0 Å².